The molecule has 0 aliphatic carbocycles. The number of nitrogens with zero attached hydrogens (tertiary/aromatic N) is 4. The molecule has 0 spiro atoms. The maximum absolute atomic E-state index is 12.5. The highest BCUT2D eigenvalue weighted by molar-refractivity contribution is 5.72. The highest BCUT2D eigenvalue weighted by atomic mass is 16.6. The number of carbonyl (C=O) groups excluding carboxylic acids is 2. The van der Waals surface area contributed by atoms with E-state index in [2.05, 4.69) is 9.98 Å². The minimum absolute atomic E-state index is 0.188. The van der Waals surface area contributed by atoms with Crippen molar-refractivity contribution < 1.29 is 28.9 Å². The molecule has 1 saturated heterocycles. The molecule has 1 aliphatic rings. The van der Waals surface area contributed by atoms with Gasteiger partial charge in [-0.05, 0) is 6.07 Å². The molecule has 0 radical (unpaired) electrons. The predicted molar refractivity (Wildman–Crippen MR) is 111 cm³/mol. The molecule has 1 aromatic heterocycles. The van der Waals surface area contributed by atoms with Crippen LogP contribution >= 0.6 is 0 Å². The third kappa shape index (κ3) is 6.34. The third-order valence-corrected chi connectivity index (χ3v) is 4.40. The molecular weight excluding hydrogens is 408 g/mol. The molecule has 2 heterocycles. The number of hydrogen-bond acceptors (Lipinski definition) is 9. The first-order chi connectivity index (χ1) is 14.5. The lowest BCUT2D eigenvalue weighted by atomic mass is 10.1. The van der Waals surface area contributed by atoms with E-state index in [1.165, 1.54) is 18.6 Å². The van der Waals surface area contributed by atoms with Gasteiger partial charge >= 0.3 is 17.6 Å². The van der Waals surface area contributed by atoms with Crippen LogP contribution in [0.3, 0.4) is 0 Å². The Morgan fingerprint density at radius 3 is 2.48 bits per heavy atom. The van der Waals surface area contributed by atoms with Gasteiger partial charge in [-0.3, -0.25) is 14.2 Å². The summed E-state index contributed by atoms with van der Waals surface area (Å²) in [6.45, 7) is 6.41. The molecule has 1 N–H and O–H groups in total. The maximum Gasteiger partial charge on any atom is 0.351 e. The van der Waals surface area contributed by atoms with Crippen molar-refractivity contribution in [2.45, 2.75) is 52.2 Å². The Kier molecular flexibility index (Phi) is 8.28. The Bertz CT molecular complexity index is 865. The second-order valence-electron chi connectivity index (χ2n) is 8.08. The number of aliphatic hydroxyl groups excluding tert-OH is 1. The van der Waals surface area contributed by atoms with Crippen molar-refractivity contribution in [3.63, 3.8) is 0 Å². The van der Waals surface area contributed by atoms with E-state index >= 15 is 0 Å². The topological polar surface area (TPSA) is 133 Å². The highest BCUT2D eigenvalue weighted by Crippen LogP contribution is 2.31. The number of esters is 2. The molecule has 11 heteroatoms. The Morgan fingerprint density at radius 1 is 1.29 bits per heavy atom. The summed E-state index contributed by atoms with van der Waals surface area (Å²) in [5.74, 6) is -1.62. The maximum atomic E-state index is 12.5. The van der Waals surface area contributed by atoms with E-state index in [1.54, 1.807) is 46.7 Å². The molecule has 11 nitrogen and oxygen atoms in total. The van der Waals surface area contributed by atoms with Gasteiger partial charge in [-0.25, -0.2) is 9.79 Å². The van der Waals surface area contributed by atoms with E-state index in [1.807, 2.05) is 0 Å². The van der Waals surface area contributed by atoms with Gasteiger partial charge in [-0.15, -0.1) is 0 Å². The summed E-state index contributed by atoms with van der Waals surface area (Å²) < 4.78 is 17.5. The lowest BCUT2D eigenvalue weighted by molar-refractivity contribution is -0.164. The lowest BCUT2D eigenvalue weighted by Crippen LogP contribution is -2.40. The zero-order valence-electron chi connectivity index (χ0n) is 18.6. The Balaban J connectivity index is 2.26. The van der Waals surface area contributed by atoms with Crippen LogP contribution in [0.15, 0.2) is 22.1 Å². The summed E-state index contributed by atoms with van der Waals surface area (Å²) in [7, 11) is 3.55. The number of aromatic nitrogens is 2. The zero-order chi connectivity index (χ0) is 23.3. The van der Waals surface area contributed by atoms with Gasteiger partial charge in [0.2, 0.25) is 0 Å². The first kappa shape index (κ1) is 24.5. The van der Waals surface area contributed by atoms with Gasteiger partial charge in [0.15, 0.2) is 18.1 Å². The fourth-order valence-electron chi connectivity index (χ4n) is 2.67. The molecule has 0 unspecified atom stereocenters. The third-order valence-electron chi connectivity index (χ3n) is 4.40. The van der Waals surface area contributed by atoms with Crippen molar-refractivity contribution in [2.75, 3.05) is 20.7 Å². The van der Waals surface area contributed by atoms with Crippen LogP contribution in [0, 0.1) is 11.8 Å². The van der Waals surface area contributed by atoms with Crippen LogP contribution in [0.4, 0.5) is 5.82 Å². The van der Waals surface area contributed by atoms with Crippen molar-refractivity contribution in [1.29, 1.82) is 0 Å². The summed E-state index contributed by atoms with van der Waals surface area (Å²) in [6.07, 6.45) is -1.76. The first-order valence-electron chi connectivity index (χ1n) is 10.0. The van der Waals surface area contributed by atoms with Crippen LogP contribution in [0.25, 0.3) is 0 Å². The minimum Gasteiger partial charge on any atom is -0.463 e. The smallest absolute Gasteiger partial charge is 0.351 e. The van der Waals surface area contributed by atoms with E-state index in [-0.39, 0.29) is 18.3 Å². The molecule has 0 bridgehead atoms. The number of aliphatic imine (C=N–C) groups is 1. The Morgan fingerprint density at radius 2 is 1.94 bits per heavy atom. The number of aliphatic hydroxyl groups is 1. The molecule has 0 amide bonds. The van der Waals surface area contributed by atoms with Crippen LogP contribution < -0.4 is 5.69 Å². The average Bonchev–Trinajstić information content (AvgIpc) is 2.99. The predicted octanol–water partition coefficient (Wildman–Crippen LogP) is 0.490. The van der Waals surface area contributed by atoms with Crippen LogP contribution in [-0.2, 0) is 23.8 Å². The zero-order valence-corrected chi connectivity index (χ0v) is 18.6. The number of hydrogen-bond donors (Lipinski definition) is 1. The largest absolute Gasteiger partial charge is 0.463 e. The van der Waals surface area contributed by atoms with Gasteiger partial charge in [0, 0.05) is 20.3 Å². The fourth-order valence-corrected chi connectivity index (χ4v) is 2.67. The van der Waals surface area contributed by atoms with E-state index in [4.69, 9.17) is 14.2 Å². The highest BCUT2D eigenvalue weighted by Gasteiger charge is 2.48. The van der Waals surface area contributed by atoms with Crippen LogP contribution in [0.1, 0.15) is 33.9 Å². The number of rotatable bonds is 8. The van der Waals surface area contributed by atoms with Gasteiger partial charge in [-0.1, -0.05) is 27.7 Å². The number of carbonyl (C=O) groups is 2. The summed E-state index contributed by atoms with van der Waals surface area (Å²) in [4.78, 5) is 46.1. The van der Waals surface area contributed by atoms with E-state index in [9.17, 15) is 19.5 Å². The lowest BCUT2D eigenvalue weighted by Gasteiger charge is -2.22. The minimum atomic E-state index is -1.37. The second kappa shape index (κ2) is 10.5. The molecule has 1 fully saturated rings. The van der Waals surface area contributed by atoms with Crippen LogP contribution in [0.5, 0.6) is 0 Å². The van der Waals surface area contributed by atoms with Crippen molar-refractivity contribution in [2.24, 2.45) is 16.8 Å². The monoisotopic (exact) mass is 438 g/mol. The standard InChI is InChI=1S/C20H30N4O7/c1-11(2)18(26)29-9-13-16(31-19(27)12(3)4)15(25)17(30-13)24-8-7-14(22-20(24)28)21-10-23(5)6/h7-8,10-13,15-17,25H,9H2,1-6H3/t13-,15-,16-,17-/m1/s1. The molecule has 172 valence electrons. The van der Waals surface area contributed by atoms with E-state index in [0.717, 1.165) is 4.57 Å². The summed E-state index contributed by atoms with van der Waals surface area (Å²) in [6, 6.07) is 1.48. The average molecular weight is 438 g/mol. The van der Waals surface area contributed by atoms with Gasteiger partial charge < -0.3 is 24.2 Å². The van der Waals surface area contributed by atoms with E-state index < -0.39 is 48.1 Å². The van der Waals surface area contributed by atoms with Crippen molar-refractivity contribution in [1.82, 2.24) is 14.5 Å². The van der Waals surface area contributed by atoms with E-state index in [0.29, 0.717) is 0 Å². The Labute approximate surface area is 180 Å². The molecular formula is C20H30N4O7. The van der Waals surface area contributed by atoms with Crippen molar-refractivity contribution in [3.05, 3.63) is 22.7 Å². The summed E-state index contributed by atoms with van der Waals surface area (Å²) >= 11 is 0. The molecule has 4 atom stereocenters. The quantitative estimate of drug-likeness (QED) is 0.350. The Hall–Kier alpha value is -2.79. The molecule has 0 aromatic carbocycles. The molecule has 1 aromatic rings. The fraction of sp³-hybridized carbons (Fsp3) is 0.650. The molecule has 2 rings (SSSR count). The second-order valence-corrected chi connectivity index (χ2v) is 8.08. The van der Waals surface area contributed by atoms with Crippen molar-refractivity contribution >= 4 is 24.1 Å². The molecule has 0 saturated carbocycles. The summed E-state index contributed by atoms with van der Waals surface area (Å²) in [5, 5.41) is 10.8. The van der Waals surface area contributed by atoms with Gasteiger partial charge in [0.25, 0.3) is 0 Å². The SMILES string of the molecule is CC(C)C(=O)OC[C@H]1O[C@@H](n2ccc(N=CN(C)C)nc2=O)[C@H](O)[C@@H]1OC(=O)C(C)C. The molecule has 31 heavy (non-hydrogen) atoms. The van der Waals surface area contributed by atoms with Gasteiger partial charge in [0.1, 0.15) is 18.8 Å². The summed E-state index contributed by atoms with van der Waals surface area (Å²) in [5.41, 5.74) is -0.703. The van der Waals surface area contributed by atoms with Crippen LogP contribution in [0.2, 0.25) is 0 Å². The van der Waals surface area contributed by atoms with Gasteiger partial charge in [-0.2, -0.15) is 4.98 Å². The first-order valence-corrected chi connectivity index (χ1v) is 10.0. The molecule has 1 aliphatic heterocycles. The number of ether oxygens (including phenoxy) is 3. The normalized spacial score (nSPS) is 23.5. The van der Waals surface area contributed by atoms with Crippen molar-refractivity contribution in [3.8, 4) is 0 Å². The van der Waals surface area contributed by atoms with Gasteiger partial charge in [0.05, 0.1) is 18.2 Å². The van der Waals surface area contributed by atoms with Crippen LogP contribution in [-0.4, -0.2) is 76.8 Å².